The van der Waals surface area contributed by atoms with Crippen LogP contribution in [0.1, 0.15) is 31.2 Å². The maximum absolute atomic E-state index is 11.6. The van der Waals surface area contributed by atoms with Crippen molar-refractivity contribution in [2.75, 3.05) is 43.4 Å². The van der Waals surface area contributed by atoms with E-state index in [0.717, 1.165) is 57.2 Å². The van der Waals surface area contributed by atoms with Crippen molar-refractivity contribution in [1.29, 1.82) is 0 Å². The predicted molar refractivity (Wildman–Crippen MR) is 106 cm³/mol. The molecule has 0 N–H and O–H groups in total. The van der Waals surface area contributed by atoms with E-state index in [-0.39, 0.29) is 11.1 Å². The van der Waals surface area contributed by atoms with Crippen LogP contribution in [-0.2, 0) is 11.2 Å². The molecule has 6 heteroatoms. The van der Waals surface area contributed by atoms with E-state index in [0.29, 0.717) is 18.3 Å². The molecule has 0 aromatic heterocycles. The van der Waals surface area contributed by atoms with Gasteiger partial charge in [0.1, 0.15) is 0 Å². The molecule has 0 spiro atoms. The number of carbonyl (C=O) groups excluding carboxylic acids is 2. The number of piperazine rings is 1. The average Bonchev–Trinajstić information content (AvgIpc) is 2.99. The number of aryl methyl sites for hydroxylation is 1. The van der Waals surface area contributed by atoms with Gasteiger partial charge in [0.2, 0.25) is 5.91 Å². The smallest absolute Gasteiger partial charge is 0.288 e. The van der Waals surface area contributed by atoms with Crippen molar-refractivity contribution in [1.82, 2.24) is 9.80 Å². The monoisotopic (exact) mass is 373 g/mol. The molecule has 1 atom stereocenters. The van der Waals surface area contributed by atoms with Crippen molar-refractivity contribution in [3.8, 4) is 0 Å². The maximum atomic E-state index is 11.6. The molecule has 2 amide bonds. The van der Waals surface area contributed by atoms with Gasteiger partial charge in [-0.05, 0) is 43.9 Å². The molecular weight excluding hydrogens is 346 g/mol. The zero-order chi connectivity index (χ0) is 17.9. The number of imide groups is 1. The van der Waals surface area contributed by atoms with Gasteiger partial charge in [0.15, 0.2) is 0 Å². The van der Waals surface area contributed by atoms with Crippen molar-refractivity contribution in [2.24, 2.45) is 0 Å². The van der Waals surface area contributed by atoms with Crippen LogP contribution >= 0.6 is 11.8 Å². The molecule has 4 rings (SSSR count). The van der Waals surface area contributed by atoms with Crippen LogP contribution in [0, 0.1) is 0 Å². The van der Waals surface area contributed by atoms with Gasteiger partial charge in [-0.1, -0.05) is 36.4 Å². The van der Waals surface area contributed by atoms with Crippen LogP contribution in [0.2, 0.25) is 0 Å². The van der Waals surface area contributed by atoms with Gasteiger partial charge in [0.25, 0.3) is 5.24 Å². The number of anilines is 1. The molecule has 1 aromatic rings. The predicted octanol–water partition coefficient (Wildman–Crippen LogP) is 2.99. The minimum Gasteiger partial charge on any atom is -0.366 e. The summed E-state index contributed by atoms with van der Waals surface area (Å²) in [5.41, 5.74) is 2.95. The molecule has 2 saturated heterocycles. The highest BCUT2D eigenvalue weighted by molar-refractivity contribution is 8.14. The van der Waals surface area contributed by atoms with Crippen molar-refractivity contribution in [3.63, 3.8) is 0 Å². The van der Waals surface area contributed by atoms with Gasteiger partial charge >= 0.3 is 0 Å². The van der Waals surface area contributed by atoms with Crippen molar-refractivity contribution >= 4 is 28.6 Å². The fraction of sp³-hybridized carbons (Fsp3) is 0.600. The Morgan fingerprint density at radius 2 is 1.88 bits per heavy atom. The topological polar surface area (TPSA) is 43.9 Å². The zero-order valence-electron chi connectivity index (χ0n) is 15.2. The van der Waals surface area contributed by atoms with Gasteiger partial charge in [-0.2, -0.15) is 0 Å². The summed E-state index contributed by atoms with van der Waals surface area (Å²) in [5.74, 6) is 0.307. The summed E-state index contributed by atoms with van der Waals surface area (Å²) < 4.78 is 0. The summed E-state index contributed by atoms with van der Waals surface area (Å²) in [6, 6.07) is 9.50. The van der Waals surface area contributed by atoms with Gasteiger partial charge < -0.3 is 4.90 Å². The van der Waals surface area contributed by atoms with E-state index in [2.05, 4.69) is 34.1 Å². The third-order valence-corrected chi connectivity index (χ3v) is 6.67. The lowest BCUT2D eigenvalue weighted by Crippen LogP contribution is -2.55. The minimum absolute atomic E-state index is 0.0197. The molecule has 0 bridgehead atoms. The fourth-order valence-corrected chi connectivity index (χ4v) is 5.14. The second kappa shape index (κ2) is 8.01. The number of unbranched alkanes of at least 4 members (excludes halogenated alkanes) is 2. The van der Waals surface area contributed by atoms with Gasteiger partial charge in [-0.25, -0.2) is 0 Å². The number of thioether (sulfide) groups is 1. The van der Waals surface area contributed by atoms with Crippen molar-refractivity contribution in [2.45, 2.75) is 38.1 Å². The summed E-state index contributed by atoms with van der Waals surface area (Å²) in [4.78, 5) is 29.8. The molecule has 0 radical (unpaired) electrons. The first-order chi connectivity index (χ1) is 12.7. The third-order valence-electron chi connectivity index (χ3n) is 5.81. The average molecular weight is 374 g/mol. The van der Waals surface area contributed by atoms with Crippen LogP contribution in [0.3, 0.4) is 0 Å². The largest absolute Gasteiger partial charge is 0.366 e. The summed E-state index contributed by atoms with van der Waals surface area (Å²) in [6.07, 6.45) is 5.60. The van der Waals surface area contributed by atoms with Crippen LogP contribution in [-0.4, -0.2) is 65.5 Å². The number of fused-ring (bicyclic) bond motifs is 3. The van der Waals surface area contributed by atoms with E-state index in [1.54, 1.807) is 0 Å². The lowest BCUT2D eigenvalue weighted by atomic mass is 9.94. The van der Waals surface area contributed by atoms with Crippen LogP contribution in [0.15, 0.2) is 24.3 Å². The van der Waals surface area contributed by atoms with Crippen LogP contribution < -0.4 is 4.90 Å². The molecule has 3 aliphatic heterocycles. The normalized spacial score (nSPS) is 23.3. The van der Waals surface area contributed by atoms with Gasteiger partial charge in [-0.15, -0.1) is 0 Å². The molecule has 26 heavy (non-hydrogen) atoms. The Bertz CT molecular complexity index is 665. The van der Waals surface area contributed by atoms with Gasteiger partial charge in [0, 0.05) is 37.9 Å². The molecule has 3 aliphatic rings. The van der Waals surface area contributed by atoms with Crippen LogP contribution in [0.5, 0.6) is 0 Å². The summed E-state index contributed by atoms with van der Waals surface area (Å²) in [5, 5.41) is -0.0660. The Kier molecular flexibility index (Phi) is 5.50. The Balaban J connectivity index is 1.19. The van der Waals surface area contributed by atoms with Crippen LogP contribution in [0.4, 0.5) is 10.5 Å². The number of nitrogens with zero attached hydrogens (tertiary/aromatic N) is 3. The summed E-state index contributed by atoms with van der Waals surface area (Å²) >= 11 is 1.13. The number of carbonyl (C=O) groups is 2. The van der Waals surface area contributed by atoms with Crippen molar-refractivity contribution in [3.05, 3.63) is 29.8 Å². The first-order valence-electron chi connectivity index (χ1n) is 9.76. The highest BCUT2D eigenvalue weighted by Crippen LogP contribution is 2.32. The standard InChI is InChI=1S/C20H27N3O2S/c24-19-15-26-20(25)23(19)11-5-1-4-10-21-12-13-22-17(14-21)9-8-16-6-2-3-7-18(16)22/h2-3,6-7,17H,1,4-5,8-15H2. The van der Waals surface area contributed by atoms with Gasteiger partial charge in [-0.3, -0.25) is 19.4 Å². The zero-order valence-corrected chi connectivity index (χ0v) is 16.0. The van der Waals surface area contributed by atoms with E-state index in [1.807, 2.05) is 0 Å². The minimum atomic E-state index is -0.0660. The molecule has 3 heterocycles. The second-order valence-electron chi connectivity index (χ2n) is 7.48. The lowest BCUT2D eigenvalue weighted by Gasteiger charge is -2.46. The highest BCUT2D eigenvalue weighted by atomic mass is 32.2. The number of hydrogen-bond acceptors (Lipinski definition) is 5. The molecule has 0 aliphatic carbocycles. The van der Waals surface area contributed by atoms with Gasteiger partial charge in [0.05, 0.1) is 5.75 Å². The molecule has 2 fully saturated rings. The number of benzene rings is 1. The molecule has 5 nitrogen and oxygen atoms in total. The number of hydrogen-bond donors (Lipinski definition) is 0. The molecule has 1 aromatic carbocycles. The van der Waals surface area contributed by atoms with E-state index in [4.69, 9.17) is 0 Å². The number of amides is 2. The SMILES string of the molecule is O=C1CSC(=O)N1CCCCCN1CCN2c3ccccc3CCC2C1. The van der Waals surface area contributed by atoms with E-state index >= 15 is 0 Å². The Morgan fingerprint density at radius 3 is 2.73 bits per heavy atom. The maximum Gasteiger partial charge on any atom is 0.288 e. The molecule has 140 valence electrons. The first kappa shape index (κ1) is 17.9. The Morgan fingerprint density at radius 1 is 1.04 bits per heavy atom. The van der Waals surface area contributed by atoms with Crippen molar-refractivity contribution < 1.29 is 9.59 Å². The Hall–Kier alpha value is -1.53. The lowest BCUT2D eigenvalue weighted by molar-refractivity contribution is -0.124. The summed E-state index contributed by atoms with van der Waals surface area (Å²) in [7, 11) is 0. The Labute approximate surface area is 159 Å². The molecular formula is C20H27N3O2S. The molecule has 1 unspecified atom stereocenters. The summed E-state index contributed by atoms with van der Waals surface area (Å²) in [6.45, 7) is 5.13. The molecule has 0 saturated carbocycles. The third kappa shape index (κ3) is 3.76. The highest BCUT2D eigenvalue weighted by Gasteiger charge is 2.31. The quantitative estimate of drug-likeness (QED) is 0.717. The van der Waals surface area contributed by atoms with E-state index in [1.165, 1.54) is 29.0 Å². The number of para-hydroxylation sites is 1. The fourth-order valence-electron chi connectivity index (χ4n) is 4.39. The van der Waals surface area contributed by atoms with Crippen LogP contribution in [0.25, 0.3) is 0 Å². The first-order valence-corrected chi connectivity index (χ1v) is 10.7. The number of rotatable bonds is 6. The van der Waals surface area contributed by atoms with E-state index < -0.39 is 0 Å². The van der Waals surface area contributed by atoms with E-state index in [9.17, 15) is 9.59 Å². The second-order valence-corrected chi connectivity index (χ2v) is 8.40.